The van der Waals surface area contributed by atoms with Crippen LogP contribution in [-0.2, 0) is 13.0 Å². The summed E-state index contributed by atoms with van der Waals surface area (Å²) in [6.45, 7) is 5.02. The first-order chi connectivity index (χ1) is 9.17. The molecule has 0 aliphatic rings. The van der Waals surface area contributed by atoms with E-state index in [9.17, 15) is 0 Å². The Morgan fingerprint density at radius 2 is 2.00 bits per heavy atom. The van der Waals surface area contributed by atoms with Crippen molar-refractivity contribution in [3.63, 3.8) is 0 Å². The molecule has 102 valence electrons. The quantitative estimate of drug-likeness (QED) is 0.730. The molecule has 2 aromatic rings. The summed E-state index contributed by atoms with van der Waals surface area (Å²) in [4.78, 5) is 0. The van der Waals surface area contributed by atoms with Crippen molar-refractivity contribution in [1.29, 1.82) is 0 Å². The Bertz CT molecular complexity index is 537. The summed E-state index contributed by atoms with van der Waals surface area (Å²) < 4.78 is 3.17. The number of nitrogens with zero attached hydrogens (tertiary/aromatic N) is 2. The highest BCUT2D eigenvalue weighted by molar-refractivity contribution is 9.10. The van der Waals surface area contributed by atoms with Gasteiger partial charge in [0.15, 0.2) is 0 Å². The predicted octanol–water partition coefficient (Wildman–Crippen LogP) is 4.54. The number of alkyl halides is 1. The highest BCUT2D eigenvalue weighted by Crippen LogP contribution is 2.28. The second-order valence-electron chi connectivity index (χ2n) is 4.63. The fourth-order valence-electron chi connectivity index (χ4n) is 2.28. The van der Waals surface area contributed by atoms with E-state index in [-0.39, 0.29) is 0 Å². The fraction of sp³-hybridized carbons (Fsp3) is 0.400. The summed E-state index contributed by atoms with van der Waals surface area (Å²) in [6, 6.07) is 10.4. The van der Waals surface area contributed by atoms with Crippen LogP contribution in [0.5, 0.6) is 0 Å². The van der Waals surface area contributed by atoms with Crippen molar-refractivity contribution in [3.05, 3.63) is 51.8 Å². The molecule has 0 aliphatic heterocycles. The van der Waals surface area contributed by atoms with E-state index >= 15 is 0 Å². The molecule has 0 aliphatic carbocycles. The average molecular weight is 342 g/mol. The van der Waals surface area contributed by atoms with E-state index in [0.29, 0.717) is 11.8 Å². The second-order valence-corrected chi connectivity index (χ2v) is 5.73. The molecule has 1 heterocycles. The Kier molecular flexibility index (Phi) is 5.06. The Morgan fingerprint density at radius 1 is 1.32 bits per heavy atom. The lowest BCUT2D eigenvalue weighted by Gasteiger charge is -2.15. The van der Waals surface area contributed by atoms with Crippen LogP contribution in [0.2, 0.25) is 0 Å². The van der Waals surface area contributed by atoms with Gasteiger partial charge >= 0.3 is 0 Å². The highest BCUT2D eigenvalue weighted by atomic mass is 79.9. The van der Waals surface area contributed by atoms with Crippen LogP contribution in [0.15, 0.2) is 34.8 Å². The van der Waals surface area contributed by atoms with Gasteiger partial charge in [0, 0.05) is 18.3 Å². The molecule has 0 saturated heterocycles. The molecule has 0 spiro atoms. The maximum atomic E-state index is 6.16. The molecule has 1 aromatic heterocycles. The maximum Gasteiger partial charge on any atom is 0.0738 e. The monoisotopic (exact) mass is 340 g/mol. The summed E-state index contributed by atoms with van der Waals surface area (Å²) in [7, 11) is 0. The standard InChI is InChI=1S/C15H18BrClN2/c1-3-19-14(15(16)11(2)18-19)9-13(10-17)12-7-5-4-6-8-12/h4-8,13H,3,9-10H2,1-2H3. The number of hydrogen-bond acceptors (Lipinski definition) is 1. The number of rotatable bonds is 5. The van der Waals surface area contributed by atoms with E-state index in [1.165, 1.54) is 11.3 Å². The third-order valence-corrected chi connectivity index (χ3v) is 4.75. The van der Waals surface area contributed by atoms with Crippen LogP contribution in [0.25, 0.3) is 0 Å². The molecule has 0 amide bonds. The van der Waals surface area contributed by atoms with Gasteiger partial charge in [-0.3, -0.25) is 4.68 Å². The zero-order valence-electron chi connectivity index (χ0n) is 11.2. The van der Waals surface area contributed by atoms with Gasteiger partial charge in [-0.05, 0) is 41.8 Å². The van der Waals surface area contributed by atoms with Gasteiger partial charge in [0.1, 0.15) is 0 Å². The molecule has 2 nitrogen and oxygen atoms in total. The number of aryl methyl sites for hydroxylation is 2. The van der Waals surface area contributed by atoms with Gasteiger partial charge in [0.05, 0.1) is 15.9 Å². The first-order valence-corrected chi connectivity index (χ1v) is 7.82. The molecule has 4 heteroatoms. The Morgan fingerprint density at radius 3 is 2.58 bits per heavy atom. The van der Waals surface area contributed by atoms with Gasteiger partial charge in [-0.2, -0.15) is 5.10 Å². The van der Waals surface area contributed by atoms with Gasteiger partial charge in [-0.15, -0.1) is 11.6 Å². The molecule has 0 radical (unpaired) electrons. The number of benzene rings is 1. The van der Waals surface area contributed by atoms with Gasteiger partial charge in [-0.25, -0.2) is 0 Å². The highest BCUT2D eigenvalue weighted by Gasteiger charge is 2.18. The summed E-state index contributed by atoms with van der Waals surface area (Å²) in [5.74, 6) is 0.935. The number of aromatic nitrogens is 2. The molecule has 19 heavy (non-hydrogen) atoms. The van der Waals surface area contributed by atoms with Gasteiger partial charge in [-0.1, -0.05) is 30.3 Å². The first kappa shape index (κ1) is 14.6. The minimum atomic E-state index is 0.320. The van der Waals surface area contributed by atoms with Crippen LogP contribution in [0, 0.1) is 6.92 Å². The van der Waals surface area contributed by atoms with Crippen LogP contribution in [0.1, 0.15) is 29.8 Å². The predicted molar refractivity (Wildman–Crippen MR) is 83.9 cm³/mol. The third-order valence-electron chi connectivity index (χ3n) is 3.35. The summed E-state index contributed by atoms with van der Waals surface area (Å²) >= 11 is 9.81. The van der Waals surface area contributed by atoms with E-state index in [1.807, 2.05) is 13.0 Å². The van der Waals surface area contributed by atoms with Gasteiger partial charge < -0.3 is 0 Å². The lowest BCUT2D eigenvalue weighted by Crippen LogP contribution is -2.10. The smallest absolute Gasteiger partial charge is 0.0738 e. The molecule has 0 N–H and O–H groups in total. The number of hydrogen-bond donors (Lipinski definition) is 0. The molecule has 0 saturated carbocycles. The third kappa shape index (κ3) is 3.21. The van der Waals surface area contributed by atoms with Crippen molar-refractivity contribution in [2.45, 2.75) is 32.7 Å². The average Bonchev–Trinajstić information content (AvgIpc) is 2.72. The van der Waals surface area contributed by atoms with E-state index in [1.54, 1.807) is 0 Å². The van der Waals surface area contributed by atoms with Crippen molar-refractivity contribution in [2.24, 2.45) is 0 Å². The van der Waals surface area contributed by atoms with Crippen LogP contribution in [0.3, 0.4) is 0 Å². The molecule has 2 rings (SSSR count). The van der Waals surface area contributed by atoms with Crippen molar-refractivity contribution in [2.75, 3.05) is 5.88 Å². The van der Waals surface area contributed by atoms with Crippen molar-refractivity contribution >= 4 is 27.5 Å². The Hall–Kier alpha value is -0.800. The van der Waals surface area contributed by atoms with Crippen molar-refractivity contribution < 1.29 is 0 Å². The van der Waals surface area contributed by atoms with Gasteiger partial charge in [0.25, 0.3) is 0 Å². The number of halogens is 2. The van der Waals surface area contributed by atoms with E-state index in [2.05, 4.69) is 56.9 Å². The van der Waals surface area contributed by atoms with E-state index < -0.39 is 0 Å². The minimum Gasteiger partial charge on any atom is -0.268 e. The Labute approximate surface area is 127 Å². The largest absolute Gasteiger partial charge is 0.268 e. The van der Waals surface area contributed by atoms with E-state index in [4.69, 9.17) is 11.6 Å². The minimum absolute atomic E-state index is 0.320. The molecule has 0 fully saturated rings. The first-order valence-electron chi connectivity index (χ1n) is 6.50. The van der Waals surface area contributed by atoms with Crippen LogP contribution in [0.4, 0.5) is 0 Å². The van der Waals surface area contributed by atoms with Crippen LogP contribution >= 0.6 is 27.5 Å². The zero-order chi connectivity index (χ0) is 13.8. The maximum absolute atomic E-state index is 6.16. The van der Waals surface area contributed by atoms with Crippen molar-refractivity contribution in [1.82, 2.24) is 9.78 Å². The second kappa shape index (κ2) is 6.58. The SMILES string of the molecule is CCn1nc(C)c(Br)c1CC(CCl)c1ccccc1. The molecule has 0 bridgehead atoms. The molecular weight excluding hydrogens is 324 g/mol. The Balaban J connectivity index is 2.29. The molecule has 1 unspecified atom stereocenters. The van der Waals surface area contributed by atoms with Crippen LogP contribution < -0.4 is 0 Å². The molecule has 1 atom stereocenters. The lowest BCUT2D eigenvalue weighted by atomic mass is 9.96. The van der Waals surface area contributed by atoms with Crippen molar-refractivity contribution in [3.8, 4) is 0 Å². The molecule has 1 aromatic carbocycles. The zero-order valence-corrected chi connectivity index (χ0v) is 13.6. The molecular formula is C15H18BrClN2. The summed E-state index contributed by atoms with van der Waals surface area (Å²) in [5.41, 5.74) is 3.55. The lowest BCUT2D eigenvalue weighted by molar-refractivity contribution is 0.595. The summed E-state index contributed by atoms with van der Waals surface area (Å²) in [6.07, 6.45) is 0.906. The fourth-order valence-corrected chi connectivity index (χ4v) is 3.02. The van der Waals surface area contributed by atoms with Crippen LogP contribution in [-0.4, -0.2) is 15.7 Å². The normalized spacial score (nSPS) is 12.6. The van der Waals surface area contributed by atoms with E-state index in [0.717, 1.165) is 23.1 Å². The topological polar surface area (TPSA) is 17.8 Å². The summed E-state index contributed by atoms with van der Waals surface area (Å²) in [5, 5.41) is 4.54. The van der Waals surface area contributed by atoms with Gasteiger partial charge in [0.2, 0.25) is 0 Å².